The summed E-state index contributed by atoms with van der Waals surface area (Å²) in [5.74, 6) is 0.768. The van der Waals surface area contributed by atoms with Crippen molar-refractivity contribution in [3.05, 3.63) is 54.1 Å². The minimum absolute atomic E-state index is 0.110. The van der Waals surface area contributed by atoms with Crippen molar-refractivity contribution in [3.8, 4) is 5.75 Å². The van der Waals surface area contributed by atoms with Crippen LogP contribution in [0.15, 0.2) is 53.4 Å². The van der Waals surface area contributed by atoms with Gasteiger partial charge < -0.3 is 10.1 Å². The van der Waals surface area contributed by atoms with Gasteiger partial charge in [-0.3, -0.25) is 4.79 Å². The number of hydrogen-bond donors (Lipinski definition) is 1. The van der Waals surface area contributed by atoms with E-state index in [0.29, 0.717) is 30.4 Å². The van der Waals surface area contributed by atoms with E-state index in [-0.39, 0.29) is 17.4 Å². The molecule has 1 aliphatic heterocycles. The van der Waals surface area contributed by atoms with E-state index >= 15 is 0 Å². The Balaban J connectivity index is 1.59. The summed E-state index contributed by atoms with van der Waals surface area (Å²) in [6.45, 7) is 5.26. The number of piperidine rings is 1. The molecule has 6 nitrogen and oxygen atoms in total. The van der Waals surface area contributed by atoms with Gasteiger partial charge in [-0.1, -0.05) is 38.5 Å². The van der Waals surface area contributed by atoms with Gasteiger partial charge >= 0.3 is 0 Å². The third-order valence-corrected chi connectivity index (χ3v) is 7.42. The second-order valence-electron chi connectivity index (χ2n) is 7.67. The first-order valence-electron chi connectivity index (χ1n) is 10.5. The summed E-state index contributed by atoms with van der Waals surface area (Å²) in [5.41, 5.74) is 1.62. The van der Waals surface area contributed by atoms with E-state index in [4.69, 9.17) is 4.74 Å². The zero-order valence-electron chi connectivity index (χ0n) is 17.6. The Bertz CT molecular complexity index is 951. The molecule has 2 aromatic carbocycles. The Morgan fingerprint density at radius 1 is 1.07 bits per heavy atom. The van der Waals surface area contributed by atoms with Crippen LogP contribution in [-0.2, 0) is 14.8 Å². The standard InChI is InChI=1S/C23H30N2O4S/c1-3-18(2)21-9-5-6-10-22(21)29-17-23(26)24-19-11-13-20(14-12-19)30(27,28)25-15-7-4-8-16-25/h5-6,9-14,18H,3-4,7-8,15-17H2,1-2H3,(H,24,26)/t18-/m1/s1. The molecule has 0 bridgehead atoms. The number of carbonyl (C=O) groups is 1. The van der Waals surface area contributed by atoms with Gasteiger partial charge in [0.1, 0.15) is 5.75 Å². The van der Waals surface area contributed by atoms with Crippen LogP contribution in [-0.4, -0.2) is 38.3 Å². The van der Waals surface area contributed by atoms with Gasteiger partial charge in [0.25, 0.3) is 5.91 Å². The minimum atomic E-state index is -3.47. The van der Waals surface area contributed by atoms with E-state index in [0.717, 1.165) is 31.2 Å². The maximum absolute atomic E-state index is 12.7. The Labute approximate surface area is 179 Å². The van der Waals surface area contributed by atoms with Crippen molar-refractivity contribution in [1.29, 1.82) is 0 Å². The third-order valence-electron chi connectivity index (χ3n) is 5.51. The number of carbonyl (C=O) groups excluding carboxylic acids is 1. The smallest absolute Gasteiger partial charge is 0.262 e. The number of rotatable bonds is 8. The normalized spacial score (nSPS) is 16.1. The molecule has 1 atom stereocenters. The van der Waals surface area contributed by atoms with Gasteiger partial charge in [0, 0.05) is 18.8 Å². The highest BCUT2D eigenvalue weighted by Crippen LogP contribution is 2.28. The maximum Gasteiger partial charge on any atom is 0.262 e. The molecule has 1 amide bonds. The third kappa shape index (κ3) is 5.40. The van der Waals surface area contributed by atoms with E-state index in [1.807, 2.05) is 24.3 Å². The molecule has 0 saturated carbocycles. The fraction of sp³-hybridized carbons (Fsp3) is 0.435. The summed E-state index contributed by atoms with van der Waals surface area (Å²) in [7, 11) is -3.47. The largest absolute Gasteiger partial charge is 0.483 e. The van der Waals surface area contributed by atoms with Gasteiger partial charge in [-0.05, 0) is 61.1 Å². The number of ether oxygens (including phenoxy) is 1. The number of sulfonamides is 1. The molecule has 1 heterocycles. The molecule has 0 unspecified atom stereocenters. The maximum atomic E-state index is 12.7. The molecule has 1 N–H and O–H groups in total. The average molecular weight is 431 g/mol. The van der Waals surface area contributed by atoms with Crippen LogP contribution in [0.1, 0.15) is 51.0 Å². The highest BCUT2D eigenvalue weighted by Gasteiger charge is 2.25. The number of hydrogen-bond acceptors (Lipinski definition) is 4. The molecule has 1 saturated heterocycles. The van der Waals surface area contributed by atoms with Crippen LogP contribution in [0.2, 0.25) is 0 Å². The van der Waals surface area contributed by atoms with Gasteiger partial charge in [-0.15, -0.1) is 0 Å². The molecule has 162 valence electrons. The van der Waals surface area contributed by atoms with Crippen molar-refractivity contribution in [2.24, 2.45) is 0 Å². The number of amides is 1. The minimum Gasteiger partial charge on any atom is -0.483 e. The summed E-state index contributed by atoms with van der Waals surface area (Å²) < 4.78 is 32.7. The topological polar surface area (TPSA) is 75.7 Å². The molecule has 1 fully saturated rings. The van der Waals surface area contributed by atoms with Crippen LogP contribution in [0.4, 0.5) is 5.69 Å². The molecule has 0 aromatic heterocycles. The molecule has 3 rings (SSSR count). The Hall–Kier alpha value is -2.38. The van der Waals surface area contributed by atoms with Crippen molar-refractivity contribution in [1.82, 2.24) is 4.31 Å². The predicted molar refractivity (Wildman–Crippen MR) is 118 cm³/mol. The number of benzene rings is 2. The van der Waals surface area contributed by atoms with E-state index in [9.17, 15) is 13.2 Å². The quantitative estimate of drug-likeness (QED) is 0.674. The Kier molecular flexibility index (Phi) is 7.50. The number of nitrogens with zero attached hydrogens (tertiary/aromatic N) is 1. The molecule has 30 heavy (non-hydrogen) atoms. The van der Waals surface area contributed by atoms with Crippen LogP contribution < -0.4 is 10.1 Å². The monoisotopic (exact) mass is 430 g/mol. The first-order chi connectivity index (χ1) is 14.4. The Morgan fingerprint density at radius 3 is 2.40 bits per heavy atom. The summed E-state index contributed by atoms with van der Waals surface area (Å²) >= 11 is 0. The van der Waals surface area contributed by atoms with Crippen molar-refractivity contribution in [3.63, 3.8) is 0 Å². The molecule has 1 aliphatic rings. The lowest BCUT2D eigenvalue weighted by molar-refractivity contribution is -0.118. The summed E-state index contributed by atoms with van der Waals surface area (Å²) in [6.07, 6.45) is 3.85. The molecule has 2 aromatic rings. The first kappa shape index (κ1) is 22.3. The highest BCUT2D eigenvalue weighted by molar-refractivity contribution is 7.89. The van der Waals surface area contributed by atoms with Crippen molar-refractivity contribution < 1.29 is 17.9 Å². The summed E-state index contributed by atoms with van der Waals surface area (Å²) in [5, 5.41) is 2.76. The number of para-hydroxylation sites is 1. The average Bonchev–Trinajstić information content (AvgIpc) is 2.78. The molecule has 0 radical (unpaired) electrons. The molecule has 0 spiro atoms. The van der Waals surface area contributed by atoms with E-state index in [1.54, 1.807) is 24.3 Å². The first-order valence-corrected chi connectivity index (χ1v) is 12.0. The van der Waals surface area contributed by atoms with Gasteiger partial charge in [-0.25, -0.2) is 8.42 Å². The predicted octanol–water partition coefficient (Wildman–Crippen LogP) is 4.39. The number of anilines is 1. The van der Waals surface area contributed by atoms with Crippen LogP contribution in [0, 0.1) is 0 Å². The fourth-order valence-electron chi connectivity index (χ4n) is 3.54. The van der Waals surface area contributed by atoms with Crippen molar-refractivity contribution >= 4 is 21.6 Å². The van der Waals surface area contributed by atoms with Crippen molar-refractivity contribution in [2.45, 2.75) is 50.3 Å². The van der Waals surface area contributed by atoms with E-state index in [2.05, 4.69) is 19.2 Å². The highest BCUT2D eigenvalue weighted by atomic mass is 32.2. The molecule has 7 heteroatoms. The van der Waals surface area contributed by atoms with Gasteiger partial charge in [0.2, 0.25) is 10.0 Å². The number of nitrogens with one attached hydrogen (secondary N) is 1. The van der Waals surface area contributed by atoms with Gasteiger partial charge in [0.05, 0.1) is 4.90 Å². The second-order valence-corrected chi connectivity index (χ2v) is 9.61. The van der Waals surface area contributed by atoms with Gasteiger partial charge in [-0.2, -0.15) is 4.31 Å². The SMILES string of the molecule is CC[C@@H](C)c1ccccc1OCC(=O)Nc1ccc(S(=O)(=O)N2CCCCC2)cc1. The lowest BCUT2D eigenvalue weighted by atomic mass is 9.98. The molecule has 0 aliphatic carbocycles. The Morgan fingerprint density at radius 2 is 1.73 bits per heavy atom. The van der Waals surface area contributed by atoms with E-state index in [1.165, 1.54) is 4.31 Å². The van der Waals surface area contributed by atoms with Crippen LogP contribution in [0.25, 0.3) is 0 Å². The van der Waals surface area contributed by atoms with Crippen LogP contribution in [0.5, 0.6) is 5.75 Å². The van der Waals surface area contributed by atoms with Crippen LogP contribution in [0.3, 0.4) is 0 Å². The molecular weight excluding hydrogens is 400 g/mol. The lowest BCUT2D eigenvalue weighted by Gasteiger charge is -2.25. The summed E-state index contributed by atoms with van der Waals surface area (Å²) in [6, 6.07) is 14.0. The lowest BCUT2D eigenvalue weighted by Crippen LogP contribution is -2.35. The van der Waals surface area contributed by atoms with Crippen LogP contribution >= 0.6 is 0 Å². The second kappa shape index (κ2) is 10.1. The van der Waals surface area contributed by atoms with Crippen molar-refractivity contribution in [2.75, 3.05) is 25.0 Å². The van der Waals surface area contributed by atoms with Gasteiger partial charge in [0.15, 0.2) is 6.61 Å². The zero-order valence-corrected chi connectivity index (χ0v) is 18.5. The fourth-order valence-corrected chi connectivity index (χ4v) is 5.06. The molecular formula is C23H30N2O4S. The zero-order chi connectivity index (χ0) is 21.6. The summed E-state index contributed by atoms with van der Waals surface area (Å²) in [4.78, 5) is 12.6. The van der Waals surface area contributed by atoms with E-state index < -0.39 is 10.0 Å².